The number of anilines is 1. The van der Waals surface area contributed by atoms with E-state index in [2.05, 4.69) is 15.0 Å². The van der Waals surface area contributed by atoms with Gasteiger partial charge in [0.05, 0.1) is 17.2 Å². The zero-order valence-electron chi connectivity index (χ0n) is 17.1. The molecular weight excluding hydrogens is 402 g/mol. The van der Waals surface area contributed by atoms with Crippen molar-refractivity contribution in [3.8, 4) is 5.75 Å². The van der Waals surface area contributed by atoms with Gasteiger partial charge in [-0.2, -0.15) is 0 Å². The smallest absolute Gasteiger partial charge is 0.263 e. The second kappa shape index (κ2) is 10.2. The molecule has 0 spiro atoms. The first-order chi connectivity index (χ1) is 14.5. The van der Waals surface area contributed by atoms with Gasteiger partial charge in [-0.3, -0.25) is 14.5 Å². The largest absolute Gasteiger partial charge is 0.491 e. The molecule has 8 heteroatoms. The summed E-state index contributed by atoms with van der Waals surface area (Å²) in [5.41, 5.74) is 1.30. The number of benzene rings is 2. The van der Waals surface area contributed by atoms with Crippen LogP contribution in [-0.4, -0.2) is 33.3 Å². The highest BCUT2D eigenvalue weighted by Crippen LogP contribution is 2.24. The molecule has 2 aromatic carbocycles. The molecule has 0 atom stereocenters. The van der Waals surface area contributed by atoms with E-state index in [1.54, 1.807) is 24.3 Å². The van der Waals surface area contributed by atoms with Crippen LogP contribution in [0.2, 0.25) is 0 Å². The number of hydrogen-bond donors (Lipinski definition) is 2. The van der Waals surface area contributed by atoms with E-state index in [0.29, 0.717) is 42.4 Å². The minimum absolute atomic E-state index is 0.0497. The van der Waals surface area contributed by atoms with Gasteiger partial charge in [-0.1, -0.05) is 37.6 Å². The summed E-state index contributed by atoms with van der Waals surface area (Å²) in [4.78, 5) is 16.9. The number of ether oxygens (including phenoxy) is 1. The molecule has 0 fully saturated rings. The Morgan fingerprint density at radius 3 is 2.67 bits per heavy atom. The Morgan fingerprint density at radius 1 is 1.07 bits per heavy atom. The van der Waals surface area contributed by atoms with Gasteiger partial charge in [-0.05, 0) is 43.5 Å². The zero-order chi connectivity index (χ0) is 21.4. The van der Waals surface area contributed by atoms with Crippen molar-refractivity contribution < 1.29 is 17.9 Å². The molecule has 0 aliphatic carbocycles. The number of nitrogens with one attached hydrogen (secondary N) is 2. The Hall–Kier alpha value is -2.87. The third-order valence-electron chi connectivity index (χ3n) is 4.62. The van der Waals surface area contributed by atoms with Crippen LogP contribution in [-0.2, 0) is 14.8 Å². The van der Waals surface area contributed by atoms with Gasteiger partial charge in [0.1, 0.15) is 11.6 Å². The Balaban J connectivity index is 1.41. The first-order valence-corrected chi connectivity index (χ1v) is 11.7. The summed E-state index contributed by atoms with van der Waals surface area (Å²) in [6.45, 7) is 3.14. The number of fused-ring (bicyclic) bond motifs is 1. The van der Waals surface area contributed by atoms with Crippen molar-refractivity contribution in [2.45, 2.75) is 43.9 Å². The number of sulfonamides is 1. The lowest BCUT2D eigenvalue weighted by Crippen LogP contribution is -2.22. The van der Waals surface area contributed by atoms with E-state index in [1.807, 2.05) is 31.2 Å². The van der Waals surface area contributed by atoms with E-state index >= 15 is 0 Å². The quantitative estimate of drug-likeness (QED) is 0.563. The molecule has 0 aromatic heterocycles. The summed E-state index contributed by atoms with van der Waals surface area (Å²) in [6.07, 6.45) is 3.65. The van der Waals surface area contributed by atoms with Crippen LogP contribution in [0.5, 0.6) is 5.75 Å². The van der Waals surface area contributed by atoms with Crippen molar-refractivity contribution in [1.82, 2.24) is 4.72 Å². The van der Waals surface area contributed by atoms with Crippen LogP contribution < -0.4 is 14.8 Å². The van der Waals surface area contributed by atoms with Gasteiger partial charge in [-0.25, -0.2) is 8.42 Å². The Morgan fingerprint density at radius 2 is 1.83 bits per heavy atom. The number of rotatable bonds is 10. The zero-order valence-corrected chi connectivity index (χ0v) is 17.9. The second-order valence-electron chi connectivity index (χ2n) is 7.04. The van der Waals surface area contributed by atoms with Crippen molar-refractivity contribution in [3.63, 3.8) is 0 Å². The molecule has 3 rings (SSSR count). The number of para-hydroxylation sites is 2. The molecule has 30 heavy (non-hydrogen) atoms. The SMILES string of the molecule is CCCOc1ccccc1NC(=O)CCCCCN=C1NS(=O)(=O)c2ccccc21. The number of unbranched alkanes of at least 4 members (excludes halogenated alkanes) is 2. The van der Waals surface area contributed by atoms with E-state index in [4.69, 9.17) is 4.74 Å². The molecule has 0 saturated heterocycles. The van der Waals surface area contributed by atoms with Gasteiger partial charge in [0.2, 0.25) is 5.91 Å². The lowest BCUT2D eigenvalue weighted by Gasteiger charge is -2.11. The van der Waals surface area contributed by atoms with Crippen molar-refractivity contribution in [2.24, 2.45) is 4.99 Å². The lowest BCUT2D eigenvalue weighted by atomic mass is 10.1. The molecule has 1 heterocycles. The standard InChI is InChI=1S/C22H27N3O4S/c1-2-16-29-19-12-7-6-11-18(19)24-21(26)14-4-3-9-15-23-22-17-10-5-8-13-20(17)30(27,28)25-22/h5-8,10-13H,2-4,9,14-16H2,1H3,(H,23,25)(H,24,26). The van der Waals surface area contributed by atoms with Crippen LogP contribution in [0.3, 0.4) is 0 Å². The molecule has 1 aliphatic rings. The van der Waals surface area contributed by atoms with Gasteiger partial charge in [0.25, 0.3) is 10.0 Å². The fourth-order valence-electron chi connectivity index (χ4n) is 3.14. The molecule has 2 aromatic rings. The van der Waals surface area contributed by atoms with E-state index < -0.39 is 10.0 Å². The summed E-state index contributed by atoms with van der Waals surface area (Å²) in [7, 11) is -3.50. The molecule has 2 N–H and O–H groups in total. The molecule has 1 amide bonds. The Kier molecular flexibility index (Phi) is 7.46. The van der Waals surface area contributed by atoms with E-state index in [-0.39, 0.29) is 10.8 Å². The predicted octanol–water partition coefficient (Wildman–Crippen LogP) is 3.71. The monoisotopic (exact) mass is 429 g/mol. The molecule has 1 aliphatic heterocycles. The van der Waals surface area contributed by atoms with E-state index in [0.717, 1.165) is 25.7 Å². The van der Waals surface area contributed by atoms with Gasteiger partial charge in [0, 0.05) is 18.5 Å². The first-order valence-electron chi connectivity index (χ1n) is 10.2. The highest BCUT2D eigenvalue weighted by Gasteiger charge is 2.29. The maximum absolute atomic E-state index is 12.2. The van der Waals surface area contributed by atoms with Crippen molar-refractivity contribution in [1.29, 1.82) is 0 Å². The summed E-state index contributed by atoms with van der Waals surface area (Å²) >= 11 is 0. The lowest BCUT2D eigenvalue weighted by molar-refractivity contribution is -0.116. The number of amidine groups is 1. The van der Waals surface area contributed by atoms with Crippen LogP contribution in [0.15, 0.2) is 58.4 Å². The highest BCUT2D eigenvalue weighted by molar-refractivity contribution is 7.90. The fourth-order valence-corrected chi connectivity index (χ4v) is 4.39. The Bertz CT molecular complexity index is 1020. The van der Waals surface area contributed by atoms with Gasteiger partial charge < -0.3 is 10.1 Å². The maximum Gasteiger partial charge on any atom is 0.263 e. The Labute approximate surface area is 177 Å². The molecule has 7 nitrogen and oxygen atoms in total. The van der Waals surface area contributed by atoms with Crippen LogP contribution >= 0.6 is 0 Å². The molecule has 0 saturated carbocycles. The number of aliphatic imine (C=N–C) groups is 1. The van der Waals surface area contributed by atoms with Crippen molar-refractivity contribution in [3.05, 3.63) is 54.1 Å². The average Bonchev–Trinajstić information content (AvgIpc) is 3.00. The number of nitrogens with zero attached hydrogens (tertiary/aromatic N) is 1. The molecular formula is C22H27N3O4S. The average molecular weight is 430 g/mol. The van der Waals surface area contributed by atoms with Crippen LogP contribution in [0, 0.1) is 0 Å². The third-order valence-corrected chi connectivity index (χ3v) is 6.01. The minimum atomic E-state index is -3.50. The summed E-state index contributed by atoms with van der Waals surface area (Å²) in [5, 5.41) is 2.91. The first kappa shape index (κ1) is 21.8. The summed E-state index contributed by atoms with van der Waals surface area (Å²) in [6, 6.07) is 14.2. The predicted molar refractivity (Wildman–Crippen MR) is 117 cm³/mol. The molecule has 0 radical (unpaired) electrons. The molecule has 160 valence electrons. The van der Waals surface area contributed by atoms with E-state index in [9.17, 15) is 13.2 Å². The molecule has 0 unspecified atom stereocenters. The maximum atomic E-state index is 12.2. The number of carbonyl (C=O) groups is 1. The minimum Gasteiger partial charge on any atom is -0.491 e. The van der Waals surface area contributed by atoms with Crippen molar-refractivity contribution in [2.75, 3.05) is 18.5 Å². The second-order valence-corrected chi connectivity index (χ2v) is 8.69. The van der Waals surface area contributed by atoms with Crippen LogP contribution in [0.25, 0.3) is 0 Å². The van der Waals surface area contributed by atoms with Crippen LogP contribution in [0.1, 0.15) is 44.6 Å². The van der Waals surface area contributed by atoms with Gasteiger partial charge in [-0.15, -0.1) is 0 Å². The summed E-state index contributed by atoms with van der Waals surface area (Å²) in [5.74, 6) is 1.03. The number of hydrogen-bond acceptors (Lipinski definition) is 5. The summed E-state index contributed by atoms with van der Waals surface area (Å²) < 4.78 is 32.3. The van der Waals surface area contributed by atoms with Gasteiger partial charge in [0.15, 0.2) is 0 Å². The van der Waals surface area contributed by atoms with Gasteiger partial charge >= 0.3 is 0 Å². The highest BCUT2D eigenvalue weighted by atomic mass is 32.2. The normalized spacial score (nSPS) is 15.4. The molecule has 0 bridgehead atoms. The van der Waals surface area contributed by atoms with E-state index in [1.165, 1.54) is 0 Å². The fraction of sp³-hybridized carbons (Fsp3) is 0.364. The van der Waals surface area contributed by atoms with Crippen molar-refractivity contribution >= 4 is 27.5 Å². The number of carbonyl (C=O) groups excluding carboxylic acids is 1. The number of amides is 1. The topological polar surface area (TPSA) is 96.9 Å². The van der Waals surface area contributed by atoms with Crippen LogP contribution in [0.4, 0.5) is 5.69 Å². The third kappa shape index (κ3) is 5.60.